The molecule has 0 saturated carbocycles. The van der Waals surface area contributed by atoms with Crippen LogP contribution in [0.3, 0.4) is 0 Å². The summed E-state index contributed by atoms with van der Waals surface area (Å²) >= 11 is 0. The summed E-state index contributed by atoms with van der Waals surface area (Å²) in [5, 5.41) is 3.08. The van der Waals surface area contributed by atoms with E-state index in [1.807, 2.05) is 20.8 Å². The Kier molecular flexibility index (Phi) is 5.24. The van der Waals surface area contributed by atoms with Crippen molar-refractivity contribution in [1.82, 2.24) is 5.32 Å². The van der Waals surface area contributed by atoms with Crippen LogP contribution in [0.25, 0.3) is 0 Å². The van der Waals surface area contributed by atoms with Gasteiger partial charge in [-0.25, -0.2) is 0 Å². The first-order valence-electron chi connectivity index (χ1n) is 5.16. The molecule has 0 aliphatic rings. The molecule has 0 saturated heterocycles. The average molecular weight is 217 g/mol. The number of methoxy groups -OCH3 is 1. The lowest BCUT2D eigenvalue weighted by atomic mass is 10.1. The smallest absolute Gasteiger partial charge is 0.326 e. The van der Waals surface area contributed by atoms with Crippen LogP contribution in [0.15, 0.2) is 0 Å². The third kappa shape index (κ3) is 6.47. The molecular formula is C11H23NO3. The maximum Gasteiger partial charge on any atom is 0.326 e. The Bertz CT molecular complexity index is 206. The molecule has 0 aromatic rings. The zero-order chi connectivity index (χ0) is 12.1. The van der Waals surface area contributed by atoms with Gasteiger partial charge in [0.15, 0.2) is 0 Å². The van der Waals surface area contributed by atoms with Gasteiger partial charge in [0.1, 0.15) is 11.1 Å². The van der Waals surface area contributed by atoms with E-state index in [2.05, 4.69) is 5.32 Å². The molecule has 0 unspecified atom stereocenters. The summed E-state index contributed by atoms with van der Waals surface area (Å²) < 4.78 is 10.2. The largest absolute Gasteiger partial charge is 0.459 e. The normalized spacial score (nSPS) is 12.7. The van der Waals surface area contributed by atoms with E-state index in [9.17, 15) is 4.79 Å². The summed E-state index contributed by atoms with van der Waals surface area (Å²) in [6.07, 6.45) is 0. The lowest BCUT2D eigenvalue weighted by molar-refractivity contribution is -0.161. The molecule has 0 rings (SSSR count). The van der Waals surface area contributed by atoms with E-state index in [-0.39, 0.29) is 5.97 Å². The molecule has 0 bridgehead atoms. The van der Waals surface area contributed by atoms with Crippen LogP contribution in [0.5, 0.6) is 0 Å². The van der Waals surface area contributed by atoms with Gasteiger partial charge in [-0.05, 0) is 34.6 Å². The van der Waals surface area contributed by atoms with Crippen molar-refractivity contribution in [3.63, 3.8) is 0 Å². The second-order valence-corrected chi connectivity index (χ2v) is 5.05. The van der Waals surface area contributed by atoms with Gasteiger partial charge < -0.3 is 14.8 Å². The Balaban J connectivity index is 4.14. The van der Waals surface area contributed by atoms with Gasteiger partial charge in [-0.3, -0.25) is 4.79 Å². The third-order valence-corrected chi connectivity index (χ3v) is 1.78. The highest BCUT2D eigenvalue weighted by Gasteiger charge is 2.31. The van der Waals surface area contributed by atoms with Crippen LogP contribution < -0.4 is 5.32 Å². The molecule has 0 aliphatic carbocycles. The summed E-state index contributed by atoms with van der Waals surface area (Å²) in [5.74, 6) is -0.244. The van der Waals surface area contributed by atoms with Gasteiger partial charge in [0.2, 0.25) is 0 Å². The maximum atomic E-state index is 11.7. The first-order chi connectivity index (χ1) is 6.69. The number of carbonyl (C=O) groups excluding carboxylic acids is 1. The van der Waals surface area contributed by atoms with Gasteiger partial charge in [-0.1, -0.05) is 0 Å². The standard InChI is InChI=1S/C11H23NO3/c1-10(2,3)15-9(13)11(4,5)12-7-8-14-6/h12H,7-8H2,1-6H3. The molecule has 0 spiro atoms. The van der Waals surface area contributed by atoms with Gasteiger partial charge in [0.05, 0.1) is 6.61 Å². The summed E-state index contributed by atoms with van der Waals surface area (Å²) in [6.45, 7) is 10.4. The van der Waals surface area contributed by atoms with Gasteiger partial charge >= 0.3 is 5.97 Å². The lowest BCUT2D eigenvalue weighted by Crippen LogP contribution is -2.50. The topological polar surface area (TPSA) is 47.6 Å². The average Bonchev–Trinajstić information content (AvgIpc) is 2.01. The number of nitrogens with one attached hydrogen (secondary N) is 1. The fourth-order valence-corrected chi connectivity index (χ4v) is 0.943. The number of hydrogen-bond donors (Lipinski definition) is 1. The summed E-state index contributed by atoms with van der Waals surface area (Å²) in [7, 11) is 1.63. The fraction of sp³-hybridized carbons (Fsp3) is 0.909. The van der Waals surface area contributed by atoms with Crippen LogP contribution in [0.4, 0.5) is 0 Å². The van der Waals surface area contributed by atoms with Crippen molar-refractivity contribution in [2.24, 2.45) is 0 Å². The molecule has 0 amide bonds. The minimum Gasteiger partial charge on any atom is -0.459 e. The maximum absolute atomic E-state index is 11.7. The minimum atomic E-state index is -0.675. The Morgan fingerprint density at radius 2 is 1.73 bits per heavy atom. The van der Waals surface area contributed by atoms with Gasteiger partial charge in [-0.2, -0.15) is 0 Å². The van der Waals surface area contributed by atoms with Crippen LogP contribution >= 0.6 is 0 Å². The summed E-state index contributed by atoms with van der Waals surface area (Å²) in [5.41, 5.74) is -1.12. The van der Waals surface area contributed by atoms with E-state index >= 15 is 0 Å². The van der Waals surface area contributed by atoms with Crippen molar-refractivity contribution >= 4 is 5.97 Å². The van der Waals surface area contributed by atoms with Crippen LogP contribution in [0.1, 0.15) is 34.6 Å². The molecule has 0 aromatic heterocycles. The zero-order valence-electron chi connectivity index (χ0n) is 10.6. The number of hydrogen-bond acceptors (Lipinski definition) is 4. The molecule has 4 nitrogen and oxygen atoms in total. The molecule has 0 heterocycles. The van der Waals surface area contributed by atoms with E-state index < -0.39 is 11.1 Å². The Labute approximate surface area is 92.3 Å². The highest BCUT2D eigenvalue weighted by atomic mass is 16.6. The Hall–Kier alpha value is -0.610. The van der Waals surface area contributed by atoms with E-state index in [0.29, 0.717) is 13.2 Å². The monoisotopic (exact) mass is 217 g/mol. The molecule has 90 valence electrons. The zero-order valence-corrected chi connectivity index (χ0v) is 10.6. The Morgan fingerprint density at radius 1 is 1.20 bits per heavy atom. The van der Waals surface area contributed by atoms with Gasteiger partial charge in [-0.15, -0.1) is 0 Å². The molecule has 0 fully saturated rings. The predicted octanol–water partition coefficient (Wildman–Crippen LogP) is 1.34. The molecule has 0 aromatic carbocycles. The minimum absolute atomic E-state index is 0.244. The highest BCUT2D eigenvalue weighted by molar-refractivity contribution is 5.80. The molecule has 0 atom stereocenters. The lowest BCUT2D eigenvalue weighted by Gasteiger charge is -2.29. The number of esters is 1. The molecule has 15 heavy (non-hydrogen) atoms. The molecular weight excluding hydrogens is 194 g/mol. The number of carbonyl (C=O) groups is 1. The van der Waals surface area contributed by atoms with Crippen molar-refractivity contribution < 1.29 is 14.3 Å². The van der Waals surface area contributed by atoms with Gasteiger partial charge in [0.25, 0.3) is 0 Å². The summed E-state index contributed by atoms with van der Waals surface area (Å²) in [4.78, 5) is 11.7. The van der Waals surface area contributed by atoms with E-state index in [1.165, 1.54) is 0 Å². The first kappa shape index (κ1) is 14.4. The van der Waals surface area contributed by atoms with Crippen LogP contribution in [-0.2, 0) is 14.3 Å². The predicted molar refractivity (Wildman–Crippen MR) is 59.8 cm³/mol. The molecule has 0 aliphatic heterocycles. The summed E-state index contributed by atoms with van der Waals surface area (Å²) in [6, 6.07) is 0. The number of rotatable bonds is 5. The molecule has 0 radical (unpaired) electrons. The Morgan fingerprint density at radius 3 is 2.13 bits per heavy atom. The third-order valence-electron chi connectivity index (χ3n) is 1.78. The van der Waals surface area contributed by atoms with Gasteiger partial charge in [0, 0.05) is 13.7 Å². The van der Waals surface area contributed by atoms with Crippen molar-refractivity contribution in [1.29, 1.82) is 0 Å². The second-order valence-electron chi connectivity index (χ2n) is 5.05. The second kappa shape index (κ2) is 5.47. The van der Waals surface area contributed by atoms with Crippen LogP contribution in [-0.4, -0.2) is 37.4 Å². The van der Waals surface area contributed by atoms with E-state index in [0.717, 1.165) is 0 Å². The van der Waals surface area contributed by atoms with Crippen molar-refractivity contribution in [2.45, 2.75) is 45.8 Å². The van der Waals surface area contributed by atoms with Crippen molar-refractivity contribution in [2.75, 3.05) is 20.3 Å². The van der Waals surface area contributed by atoms with Crippen molar-refractivity contribution in [3.8, 4) is 0 Å². The highest BCUT2D eigenvalue weighted by Crippen LogP contribution is 2.13. The fourth-order valence-electron chi connectivity index (χ4n) is 0.943. The molecule has 4 heteroatoms. The quantitative estimate of drug-likeness (QED) is 0.557. The SMILES string of the molecule is COCCNC(C)(C)C(=O)OC(C)(C)C. The van der Waals surface area contributed by atoms with Crippen LogP contribution in [0, 0.1) is 0 Å². The van der Waals surface area contributed by atoms with E-state index in [1.54, 1.807) is 21.0 Å². The van der Waals surface area contributed by atoms with Crippen molar-refractivity contribution in [3.05, 3.63) is 0 Å². The number of ether oxygens (including phenoxy) is 2. The molecule has 1 N–H and O–H groups in total. The van der Waals surface area contributed by atoms with E-state index in [4.69, 9.17) is 9.47 Å². The first-order valence-corrected chi connectivity index (χ1v) is 5.16. The van der Waals surface area contributed by atoms with Crippen LogP contribution in [0.2, 0.25) is 0 Å².